The van der Waals surface area contributed by atoms with Gasteiger partial charge in [0.05, 0.1) is 0 Å². The molecule has 5 heteroatoms. The molecule has 0 aliphatic rings. The van der Waals surface area contributed by atoms with Crippen molar-refractivity contribution in [3.8, 4) is 0 Å². The molecule has 116 valence electrons. The molecule has 5 N–H and O–H groups in total. The summed E-state index contributed by atoms with van der Waals surface area (Å²) in [5, 5.41) is 2.85. The molecule has 0 bridgehead atoms. The molecule has 0 saturated carbocycles. The van der Waals surface area contributed by atoms with Gasteiger partial charge in [0.15, 0.2) is 0 Å². The Balaban J connectivity index is 0. The van der Waals surface area contributed by atoms with Gasteiger partial charge in [-0.15, -0.1) is 0 Å². The fraction of sp³-hybridized carbons (Fsp3) is 0.929. The number of amides is 1. The van der Waals surface area contributed by atoms with Crippen LogP contribution in [-0.4, -0.2) is 39.3 Å². The SMILES string of the molecule is CC(C)CCOCC(=O)NCCCCCCN.CN. The van der Waals surface area contributed by atoms with E-state index in [0.29, 0.717) is 12.5 Å². The minimum atomic E-state index is -0.00687. The lowest BCUT2D eigenvalue weighted by Crippen LogP contribution is -2.28. The number of hydrogen-bond donors (Lipinski definition) is 3. The molecule has 0 aliphatic carbocycles. The first-order chi connectivity index (χ1) is 9.16. The van der Waals surface area contributed by atoms with Crippen molar-refractivity contribution in [3.05, 3.63) is 0 Å². The van der Waals surface area contributed by atoms with Crippen molar-refractivity contribution in [2.45, 2.75) is 46.0 Å². The van der Waals surface area contributed by atoms with Gasteiger partial charge in [0.2, 0.25) is 5.91 Å². The zero-order valence-corrected chi connectivity index (χ0v) is 12.9. The highest BCUT2D eigenvalue weighted by Crippen LogP contribution is 1.99. The number of carbonyl (C=O) groups excluding carboxylic acids is 1. The zero-order chi connectivity index (χ0) is 14.9. The summed E-state index contributed by atoms with van der Waals surface area (Å²) >= 11 is 0. The Kier molecular flexibility index (Phi) is 18.9. The third kappa shape index (κ3) is 19.9. The van der Waals surface area contributed by atoms with E-state index in [9.17, 15) is 4.79 Å². The Hall–Kier alpha value is -0.650. The molecule has 0 saturated heterocycles. The molecular formula is C14H33N3O2. The highest BCUT2D eigenvalue weighted by atomic mass is 16.5. The molecule has 0 spiro atoms. The smallest absolute Gasteiger partial charge is 0.245 e. The van der Waals surface area contributed by atoms with Crippen molar-refractivity contribution >= 4 is 5.91 Å². The average molecular weight is 275 g/mol. The van der Waals surface area contributed by atoms with E-state index in [1.165, 1.54) is 7.05 Å². The van der Waals surface area contributed by atoms with Gasteiger partial charge >= 0.3 is 0 Å². The van der Waals surface area contributed by atoms with Gasteiger partial charge in [0, 0.05) is 13.2 Å². The van der Waals surface area contributed by atoms with Crippen LogP contribution in [0, 0.1) is 5.92 Å². The molecule has 0 fully saturated rings. The summed E-state index contributed by atoms with van der Waals surface area (Å²) in [6.07, 6.45) is 5.39. The van der Waals surface area contributed by atoms with Crippen molar-refractivity contribution in [1.82, 2.24) is 5.32 Å². The molecule has 0 aromatic rings. The van der Waals surface area contributed by atoms with E-state index in [4.69, 9.17) is 10.5 Å². The summed E-state index contributed by atoms with van der Waals surface area (Å²) in [4.78, 5) is 11.3. The van der Waals surface area contributed by atoms with Crippen LogP contribution in [0.3, 0.4) is 0 Å². The van der Waals surface area contributed by atoms with E-state index in [0.717, 1.165) is 45.2 Å². The number of nitrogens with one attached hydrogen (secondary N) is 1. The molecule has 0 heterocycles. The summed E-state index contributed by atoms with van der Waals surface area (Å²) in [7, 11) is 1.50. The van der Waals surface area contributed by atoms with Crippen LogP contribution in [-0.2, 0) is 9.53 Å². The minimum absolute atomic E-state index is 0.00687. The normalized spacial score (nSPS) is 10.0. The summed E-state index contributed by atoms with van der Waals surface area (Å²) < 4.78 is 5.27. The summed E-state index contributed by atoms with van der Waals surface area (Å²) in [5.74, 6) is 0.619. The van der Waals surface area contributed by atoms with Crippen molar-refractivity contribution < 1.29 is 9.53 Å². The van der Waals surface area contributed by atoms with E-state index in [2.05, 4.69) is 24.9 Å². The molecule has 5 nitrogen and oxygen atoms in total. The number of rotatable bonds is 11. The Labute approximate surface area is 118 Å². The number of carbonyl (C=O) groups is 1. The minimum Gasteiger partial charge on any atom is -0.372 e. The zero-order valence-electron chi connectivity index (χ0n) is 12.9. The average Bonchev–Trinajstić information content (AvgIpc) is 2.41. The number of ether oxygens (including phenoxy) is 1. The van der Waals surface area contributed by atoms with E-state index < -0.39 is 0 Å². The highest BCUT2D eigenvalue weighted by molar-refractivity contribution is 5.77. The van der Waals surface area contributed by atoms with Crippen LogP contribution in [0.5, 0.6) is 0 Å². The molecule has 0 atom stereocenters. The van der Waals surface area contributed by atoms with Crippen LogP contribution in [0.1, 0.15) is 46.0 Å². The fourth-order valence-corrected chi connectivity index (χ4v) is 1.39. The summed E-state index contributed by atoms with van der Waals surface area (Å²) in [6.45, 7) is 6.65. The highest BCUT2D eigenvalue weighted by Gasteiger charge is 2.01. The van der Waals surface area contributed by atoms with Crippen molar-refractivity contribution in [2.75, 3.05) is 33.4 Å². The van der Waals surface area contributed by atoms with Gasteiger partial charge < -0.3 is 21.5 Å². The molecule has 0 aromatic heterocycles. The van der Waals surface area contributed by atoms with Crippen LogP contribution < -0.4 is 16.8 Å². The van der Waals surface area contributed by atoms with E-state index in [1.807, 2.05) is 0 Å². The van der Waals surface area contributed by atoms with Crippen LogP contribution in [0.15, 0.2) is 0 Å². The lowest BCUT2D eigenvalue weighted by molar-refractivity contribution is -0.125. The topological polar surface area (TPSA) is 90.4 Å². The van der Waals surface area contributed by atoms with Crippen LogP contribution in [0.2, 0.25) is 0 Å². The molecule has 1 amide bonds. The van der Waals surface area contributed by atoms with Gasteiger partial charge in [-0.05, 0) is 38.8 Å². The number of hydrogen-bond acceptors (Lipinski definition) is 4. The lowest BCUT2D eigenvalue weighted by Gasteiger charge is -2.07. The van der Waals surface area contributed by atoms with E-state index in [-0.39, 0.29) is 12.5 Å². The van der Waals surface area contributed by atoms with Gasteiger partial charge in [0.1, 0.15) is 6.61 Å². The van der Waals surface area contributed by atoms with E-state index in [1.54, 1.807) is 0 Å². The van der Waals surface area contributed by atoms with Crippen LogP contribution in [0.4, 0.5) is 0 Å². The number of nitrogens with two attached hydrogens (primary N) is 2. The number of unbranched alkanes of at least 4 members (excludes halogenated alkanes) is 3. The first-order valence-corrected chi connectivity index (χ1v) is 7.29. The molecule has 19 heavy (non-hydrogen) atoms. The molecule has 0 aromatic carbocycles. The van der Waals surface area contributed by atoms with Gasteiger partial charge in [-0.2, -0.15) is 0 Å². The first-order valence-electron chi connectivity index (χ1n) is 7.29. The third-order valence-electron chi connectivity index (χ3n) is 2.53. The van der Waals surface area contributed by atoms with E-state index >= 15 is 0 Å². The molecule has 0 radical (unpaired) electrons. The Morgan fingerprint density at radius 3 is 2.37 bits per heavy atom. The van der Waals surface area contributed by atoms with Crippen LogP contribution >= 0.6 is 0 Å². The Morgan fingerprint density at radius 2 is 1.79 bits per heavy atom. The van der Waals surface area contributed by atoms with Gasteiger partial charge in [-0.25, -0.2) is 0 Å². The quantitative estimate of drug-likeness (QED) is 0.495. The predicted molar refractivity (Wildman–Crippen MR) is 80.9 cm³/mol. The maximum atomic E-state index is 11.3. The maximum Gasteiger partial charge on any atom is 0.245 e. The molecule has 0 rings (SSSR count). The lowest BCUT2D eigenvalue weighted by atomic mass is 10.1. The standard InChI is InChI=1S/C13H28N2O2.CH5N/c1-12(2)7-10-17-11-13(16)15-9-6-4-3-5-8-14;1-2/h12H,3-11,14H2,1-2H3,(H,15,16);2H2,1H3. The van der Waals surface area contributed by atoms with Gasteiger partial charge in [0.25, 0.3) is 0 Å². The Morgan fingerprint density at radius 1 is 1.16 bits per heavy atom. The summed E-state index contributed by atoms with van der Waals surface area (Å²) in [5.41, 5.74) is 9.89. The van der Waals surface area contributed by atoms with Gasteiger partial charge in [-0.1, -0.05) is 26.7 Å². The van der Waals surface area contributed by atoms with Gasteiger partial charge in [-0.3, -0.25) is 4.79 Å². The second-order valence-corrected chi connectivity index (χ2v) is 4.79. The molecule has 0 unspecified atom stereocenters. The second kappa shape index (κ2) is 17.4. The molecular weight excluding hydrogens is 242 g/mol. The Bertz CT molecular complexity index is 188. The van der Waals surface area contributed by atoms with Crippen molar-refractivity contribution in [3.63, 3.8) is 0 Å². The first kappa shape index (κ1) is 20.7. The monoisotopic (exact) mass is 275 g/mol. The van der Waals surface area contributed by atoms with Crippen LogP contribution in [0.25, 0.3) is 0 Å². The summed E-state index contributed by atoms with van der Waals surface area (Å²) in [6, 6.07) is 0. The third-order valence-corrected chi connectivity index (χ3v) is 2.53. The maximum absolute atomic E-state index is 11.3. The fourth-order valence-electron chi connectivity index (χ4n) is 1.39. The second-order valence-electron chi connectivity index (χ2n) is 4.79. The van der Waals surface area contributed by atoms with Crippen molar-refractivity contribution in [1.29, 1.82) is 0 Å². The predicted octanol–water partition coefficient (Wildman–Crippen LogP) is 1.26. The van der Waals surface area contributed by atoms with Crippen molar-refractivity contribution in [2.24, 2.45) is 17.4 Å². The largest absolute Gasteiger partial charge is 0.372 e. The molecule has 0 aliphatic heterocycles.